The topological polar surface area (TPSA) is 81.8 Å². The number of nitrogens with one attached hydrogen (secondary N) is 2. The Kier molecular flexibility index (Phi) is 7.15. The lowest BCUT2D eigenvalue weighted by Gasteiger charge is -2.31. The van der Waals surface area contributed by atoms with Crippen molar-refractivity contribution in [2.75, 3.05) is 45.6 Å². The molecule has 142 valence electrons. The third-order valence-corrected chi connectivity index (χ3v) is 4.39. The number of nitrogens with zero attached hydrogens (tertiary/aromatic N) is 2. The summed E-state index contributed by atoms with van der Waals surface area (Å²) in [6, 6.07) is 6.91. The van der Waals surface area contributed by atoms with Crippen LogP contribution in [-0.4, -0.2) is 67.8 Å². The Labute approximate surface area is 154 Å². The Balaban J connectivity index is 1.91. The van der Waals surface area contributed by atoms with Crippen molar-refractivity contribution in [2.24, 2.45) is 5.92 Å². The summed E-state index contributed by atoms with van der Waals surface area (Å²) in [5.41, 5.74) is 1.13. The lowest BCUT2D eigenvalue weighted by molar-refractivity contribution is -0.127. The first kappa shape index (κ1) is 19.9. The number of benzene rings is 1. The van der Waals surface area contributed by atoms with Crippen LogP contribution >= 0.6 is 0 Å². The van der Waals surface area contributed by atoms with Crippen molar-refractivity contribution < 1.29 is 14.4 Å². The fourth-order valence-corrected chi connectivity index (χ4v) is 3.12. The molecule has 1 fully saturated rings. The number of carbonyl (C=O) groups excluding carboxylic acids is 3. The molecule has 0 radical (unpaired) electrons. The summed E-state index contributed by atoms with van der Waals surface area (Å²) in [5, 5.41) is 5.69. The van der Waals surface area contributed by atoms with E-state index < -0.39 is 0 Å². The van der Waals surface area contributed by atoms with Gasteiger partial charge in [-0.25, -0.2) is 0 Å². The van der Waals surface area contributed by atoms with Gasteiger partial charge in [-0.15, -0.1) is 0 Å². The Hall–Kier alpha value is -2.41. The molecular weight excluding hydrogens is 332 g/mol. The molecule has 26 heavy (non-hydrogen) atoms. The lowest BCUT2D eigenvalue weighted by Crippen LogP contribution is -2.45. The summed E-state index contributed by atoms with van der Waals surface area (Å²) in [6.07, 6.45) is 1.76. The van der Waals surface area contributed by atoms with E-state index in [1.807, 2.05) is 11.8 Å². The Morgan fingerprint density at radius 3 is 2.73 bits per heavy atom. The highest BCUT2D eigenvalue weighted by Gasteiger charge is 2.26. The second kappa shape index (κ2) is 9.33. The van der Waals surface area contributed by atoms with E-state index in [4.69, 9.17) is 0 Å². The summed E-state index contributed by atoms with van der Waals surface area (Å²) >= 11 is 0. The van der Waals surface area contributed by atoms with Crippen LogP contribution in [0.5, 0.6) is 0 Å². The second-order valence-electron chi connectivity index (χ2n) is 6.80. The summed E-state index contributed by atoms with van der Waals surface area (Å²) in [6.45, 7) is 4.17. The van der Waals surface area contributed by atoms with Crippen molar-refractivity contribution in [3.05, 3.63) is 29.8 Å². The standard InChI is InChI=1S/C19H28N4O3/c1-4-20-18(25)15-8-6-10-23(12-15)13-17(24)21-16-9-5-7-14(11-16)19(26)22(2)3/h5,7,9,11,15H,4,6,8,10,12-13H2,1-3H3,(H,20,25)(H,21,24). The number of hydrogen-bond acceptors (Lipinski definition) is 4. The van der Waals surface area contributed by atoms with E-state index in [1.165, 1.54) is 4.90 Å². The van der Waals surface area contributed by atoms with E-state index in [-0.39, 0.29) is 30.2 Å². The molecule has 2 N–H and O–H groups in total. The van der Waals surface area contributed by atoms with Crippen molar-refractivity contribution in [1.29, 1.82) is 0 Å². The molecule has 1 aromatic rings. The minimum atomic E-state index is -0.143. The van der Waals surface area contributed by atoms with Gasteiger partial charge >= 0.3 is 0 Å². The fourth-order valence-electron chi connectivity index (χ4n) is 3.12. The van der Waals surface area contributed by atoms with Gasteiger partial charge in [-0.2, -0.15) is 0 Å². The number of anilines is 1. The van der Waals surface area contributed by atoms with Crippen LogP contribution in [-0.2, 0) is 9.59 Å². The molecule has 2 rings (SSSR count). The largest absolute Gasteiger partial charge is 0.356 e. The van der Waals surface area contributed by atoms with Gasteiger partial charge in [0.2, 0.25) is 11.8 Å². The first-order chi connectivity index (χ1) is 12.4. The van der Waals surface area contributed by atoms with Gasteiger partial charge in [0.15, 0.2) is 0 Å². The number of amides is 3. The van der Waals surface area contributed by atoms with Gasteiger partial charge < -0.3 is 15.5 Å². The monoisotopic (exact) mass is 360 g/mol. The van der Waals surface area contributed by atoms with Crippen molar-refractivity contribution in [1.82, 2.24) is 15.1 Å². The van der Waals surface area contributed by atoms with Crippen LogP contribution in [0.25, 0.3) is 0 Å². The van der Waals surface area contributed by atoms with Crippen LogP contribution in [0, 0.1) is 5.92 Å². The van der Waals surface area contributed by atoms with Crippen LogP contribution in [0.3, 0.4) is 0 Å². The van der Waals surface area contributed by atoms with Crippen LogP contribution in [0.1, 0.15) is 30.1 Å². The van der Waals surface area contributed by atoms with E-state index in [2.05, 4.69) is 10.6 Å². The lowest BCUT2D eigenvalue weighted by atomic mass is 9.97. The molecule has 7 heteroatoms. The minimum Gasteiger partial charge on any atom is -0.356 e. The molecule has 0 aliphatic carbocycles. The van der Waals surface area contributed by atoms with E-state index in [9.17, 15) is 14.4 Å². The van der Waals surface area contributed by atoms with Crippen LogP contribution < -0.4 is 10.6 Å². The van der Waals surface area contributed by atoms with Crippen molar-refractivity contribution in [2.45, 2.75) is 19.8 Å². The Bertz CT molecular complexity index is 660. The molecule has 1 saturated heterocycles. The maximum atomic E-state index is 12.3. The third-order valence-electron chi connectivity index (χ3n) is 4.39. The van der Waals surface area contributed by atoms with Gasteiger partial charge in [-0.3, -0.25) is 19.3 Å². The molecule has 7 nitrogen and oxygen atoms in total. The molecule has 1 aliphatic rings. The van der Waals surface area contributed by atoms with Crippen LogP contribution in [0.2, 0.25) is 0 Å². The Morgan fingerprint density at radius 2 is 2.04 bits per heavy atom. The molecule has 1 aliphatic heterocycles. The zero-order valence-corrected chi connectivity index (χ0v) is 15.7. The quantitative estimate of drug-likeness (QED) is 0.798. The van der Waals surface area contributed by atoms with Crippen molar-refractivity contribution in [3.8, 4) is 0 Å². The van der Waals surface area contributed by atoms with Gasteiger partial charge in [-0.05, 0) is 44.5 Å². The number of piperidine rings is 1. The van der Waals surface area contributed by atoms with Gasteiger partial charge in [0.05, 0.1) is 12.5 Å². The maximum absolute atomic E-state index is 12.3. The summed E-state index contributed by atoms with van der Waals surface area (Å²) < 4.78 is 0. The number of carbonyl (C=O) groups is 3. The number of likely N-dealkylation sites (tertiary alicyclic amines) is 1. The maximum Gasteiger partial charge on any atom is 0.253 e. The van der Waals surface area contributed by atoms with E-state index >= 15 is 0 Å². The molecule has 1 atom stereocenters. The zero-order chi connectivity index (χ0) is 19.1. The molecule has 0 saturated carbocycles. The highest BCUT2D eigenvalue weighted by Crippen LogP contribution is 2.17. The van der Waals surface area contributed by atoms with Crippen molar-refractivity contribution in [3.63, 3.8) is 0 Å². The molecule has 3 amide bonds. The first-order valence-electron chi connectivity index (χ1n) is 9.02. The van der Waals surface area contributed by atoms with E-state index in [0.29, 0.717) is 24.3 Å². The molecule has 0 bridgehead atoms. The van der Waals surface area contributed by atoms with Gasteiger partial charge in [0.1, 0.15) is 0 Å². The van der Waals surface area contributed by atoms with Gasteiger partial charge in [0.25, 0.3) is 5.91 Å². The second-order valence-corrected chi connectivity index (χ2v) is 6.80. The molecule has 0 spiro atoms. The first-order valence-corrected chi connectivity index (χ1v) is 9.02. The predicted octanol–water partition coefficient (Wildman–Crippen LogP) is 1.18. The number of rotatable bonds is 6. The zero-order valence-electron chi connectivity index (χ0n) is 15.7. The smallest absolute Gasteiger partial charge is 0.253 e. The summed E-state index contributed by atoms with van der Waals surface area (Å²) in [5.74, 6) is -0.247. The van der Waals surface area contributed by atoms with E-state index in [1.54, 1.807) is 38.4 Å². The highest BCUT2D eigenvalue weighted by molar-refractivity contribution is 5.97. The SMILES string of the molecule is CCNC(=O)C1CCCN(CC(=O)Nc2cccc(C(=O)N(C)C)c2)C1. The average molecular weight is 360 g/mol. The molecular formula is C19H28N4O3. The van der Waals surface area contributed by atoms with Gasteiger partial charge in [-0.1, -0.05) is 6.07 Å². The molecule has 1 heterocycles. The van der Waals surface area contributed by atoms with Gasteiger partial charge in [0, 0.05) is 38.4 Å². The molecule has 0 aromatic heterocycles. The van der Waals surface area contributed by atoms with E-state index in [0.717, 1.165) is 19.4 Å². The Morgan fingerprint density at radius 1 is 1.27 bits per heavy atom. The average Bonchev–Trinajstić information content (AvgIpc) is 2.61. The summed E-state index contributed by atoms with van der Waals surface area (Å²) in [4.78, 5) is 39.9. The third kappa shape index (κ3) is 5.56. The normalized spacial score (nSPS) is 17.4. The predicted molar refractivity (Wildman–Crippen MR) is 101 cm³/mol. The number of hydrogen-bond donors (Lipinski definition) is 2. The van der Waals surface area contributed by atoms with Crippen LogP contribution in [0.15, 0.2) is 24.3 Å². The fraction of sp³-hybridized carbons (Fsp3) is 0.526. The molecule has 1 aromatic carbocycles. The minimum absolute atomic E-state index is 0.0578. The van der Waals surface area contributed by atoms with Crippen molar-refractivity contribution >= 4 is 23.4 Å². The highest BCUT2D eigenvalue weighted by atomic mass is 16.2. The summed E-state index contributed by atoms with van der Waals surface area (Å²) in [7, 11) is 3.38. The molecule has 1 unspecified atom stereocenters. The van der Waals surface area contributed by atoms with Crippen LogP contribution in [0.4, 0.5) is 5.69 Å².